The van der Waals surface area contributed by atoms with Crippen LogP contribution in [-0.2, 0) is 9.53 Å². The molecular weight excluding hydrogens is 550 g/mol. The zero-order valence-electron chi connectivity index (χ0n) is 24.2. The first-order valence-corrected chi connectivity index (χ1v) is 15.5. The fourth-order valence-electron chi connectivity index (χ4n) is 5.96. The normalized spacial score (nSPS) is 17.4. The summed E-state index contributed by atoms with van der Waals surface area (Å²) in [7, 11) is 1.61. The third kappa shape index (κ3) is 5.06. The van der Waals surface area contributed by atoms with Crippen molar-refractivity contribution in [1.82, 2.24) is 4.57 Å². The maximum Gasteiger partial charge on any atom is 0.338 e. The highest BCUT2D eigenvalue weighted by atomic mass is 32.1. The topological polar surface area (TPSA) is 86.3 Å². The van der Waals surface area contributed by atoms with Crippen molar-refractivity contribution in [1.29, 1.82) is 0 Å². The lowest BCUT2D eigenvalue weighted by molar-refractivity contribution is -0.139. The Morgan fingerprint density at radius 3 is 2.67 bits per heavy atom. The summed E-state index contributed by atoms with van der Waals surface area (Å²) in [5, 5.41) is 1.88. The van der Waals surface area contributed by atoms with Gasteiger partial charge in [-0.15, -0.1) is 0 Å². The molecule has 2 aliphatic rings. The quantitative estimate of drug-likeness (QED) is 0.260. The van der Waals surface area contributed by atoms with E-state index in [9.17, 15) is 9.59 Å². The number of hydrogen-bond acceptors (Lipinski definition) is 8. The molecule has 4 aromatic rings. The van der Waals surface area contributed by atoms with Crippen LogP contribution < -0.4 is 24.5 Å². The van der Waals surface area contributed by atoms with Gasteiger partial charge in [-0.3, -0.25) is 9.36 Å². The second-order valence-corrected chi connectivity index (χ2v) is 11.5. The summed E-state index contributed by atoms with van der Waals surface area (Å²) < 4.78 is 19.7. The first kappa shape index (κ1) is 28.0. The van der Waals surface area contributed by atoms with Gasteiger partial charge in [-0.05, 0) is 55.5 Å². The van der Waals surface area contributed by atoms with Crippen LogP contribution in [-0.4, -0.2) is 37.3 Å². The number of nitrogens with zero attached hydrogens (tertiary/aromatic N) is 3. The van der Waals surface area contributed by atoms with Gasteiger partial charge < -0.3 is 18.8 Å². The molecule has 42 heavy (non-hydrogen) atoms. The van der Waals surface area contributed by atoms with Crippen molar-refractivity contribution >= 4 is 40.0 Å². The van der Waals surface area contributed by atoms with Crippen molar-refractivity contribution in [3.63, 3.8) is 0 Å². The van der Waals surface area contributed by atoms with Gasteiger partial charge in [0.2, 0.25) is 0 Å². The molecule has 0 amide bonds. The average molecular weight is 586 g/mol. The lowest BCUT2D eigenvalue weighted by Crippen LogP contribution is -2.40. The van der Waals surface area contributed by atoms with Gasteiger partial charge in [0.25, 0.3) is 5.56 Å². The van der Waals surface area contributed by atoms with Crippen LogP contribution in [0.25, 0.3) is 16.8 Å². The lowest BCUT2D eigenvalue weighted by atomic mass is 9.90. The first-order valence-electron chi connectivity index (χ1n) is 14.7. The summed E-state index contributed by atoms with van der Waals surface area (Å²) >= 11 is 1.30. The number of methoxy groups -OCH3 is 1. The molecule has 2 aromatic carbocycles. The molecule has 1 atom stereocenters. The van der Waals surface area contributed by atoms with Crippen molar-refractivity contribution in [3.05, 3.63) is 90.8 Å². The van der Waals surface area contributed by atoms with Crippen LogP contribution >= 0.6 is 11.3 Å². The number of anilines is 1. The van der Waals surface area contributed by atoms with E-state index in [2.05, 4.69) is 4.90 Å². The van der Waals surface area contributed by atoms with Crippen LogP contribution in [0, 0.1) is 0 Å². The van der Waals surface area contributed by atoms with E-state index in [0.29, 0.717) is 38.5 Å². The molecule has 0 bridgehead atoms. The Morgan fingerprint density at radius 1 is 1.10 bits per heavy atom. The van der Waals surface area contributed by atoms with Gasteiger partial charge >= 0.3 is 5.97 Å². The van der Waals surface area contributed by atoms with Crippen LogP contribution in [0.3, 0.4) is 0 Å². The molecule has 0 aliphatic carbocycles. The van der Waals surface area contributed by atoms with Crippen molar-refractivity contribution in [2.24, 2.45) is 4.99 Å². The number of thiazole rings is 1. The highest BCUT2D eigenvalue weighted by Gasteiger charge is 2.37. The van der Waals surface area contributed by atoms with Gasteiger partial charge in [0.05, 0.1) is 29.5 Å². The molecule has 4 heterocycles. The zero-order chi connectivity index (χ0) is 29.2. The smallest absolute Gasteiger partial charge is 0.338 e. The van der Waals surface area contributed by atoms with Crippen molar-refractivity contribution in [2.75, 3.05) is 31.7 Å². The maximum absolute atomic E-state index is 14.3. The number of esters is 1. The van der Waals surface area contributed by atoms with E-state index in [1.807, 2.05) is 55.5 Å². The van der Waals surface area contributed by atoms with Gasteiger partial charge in [0, 0.05) is 30.8 Å². The number of aromatic nitrogens is 1. The van der Waals surface area contributed by atoms with Crippen LogP contribution in [0.2, 0.25) is 0 Å². The molecule has 0 saturated carbocycles. The number of piperidine rings is 1. The first-order chi connectivity index (χ1) is 20.5. The number of fused-ring (bicyclic) bond motifs is 2. The molecule has 0 N–H and O–H groups in total. The molecule has 9 heteroatoms. The van der Waals surface area contributed by atoms with E-state index in [-0.39, 0.29) is 12.2 Å². The van der Waals surface area contributed by atoms with Crippen molar-refractivity contribution in [3.8, 4) is 5.75 Å². The highest BCUT2D eigenvalue weighted by molar-refractivity contribution is 7.07. The monoisotopic (exact) mass is 585 g/mol. The fourth-order valence-corrected chi connectivity index (χ4v) is 6.96. The number of hydrogen-bond donors (Lipinski definition) is 0. The third-order valence-corrected chi connectivity index (χ3v) is 8.85. The minimum Gasteiger partial charge on any atom is -0.496 e. The van der Waals surface area contributed by atoms with Gasteiger partial charge in [-0.25, -0.2) is 9.79 Å². The van der Waals surface area contributed by atoms with Crippen molar-refractivity contribution in [2.45, 2.75) is 52.0 Å². The van der Waals surface area contributed by atoms with Crippen LogP contribution in [0.5, 0.6) is 5.75 Å². The minimum atomic E-state index is -0.773. The van der Waals surface area contributed by atoms with Gasteiger partial charge in [0.15, 0.2) is 10.7 Å². The number of carbonyl (C=O) groups is 1. The molecule has 2 aliphatic heterocycles. The molecule has 1 unspecified atom stereocenters. The average Bonchev–Trinajstić information content (AvgIpc) is 3.61. The number of benzene rings is 2. The predicted octanol–water partition coefficient (Wildman–Crippen LogP) is 5.32. The third-order valence-electron chi connectivity index (χ3n) is 7.87. The summed E-state index contributed by atoms with van der Waals surface area (Å²) in [5.74, 6) is 1.54. The summed E-state index contributed by atoms with van der Waals surface area (Å²) in [6.07, 6.45) is 6.66. The van der Waals surface area contributed by atoms with Gasteiger partial charge in [-0.1, -0.05) is 55.0 Å². The Balaban J connectivity index is 1.58. The Labute approximate surface area is 248 Å². The van der Waals surface area contributed by atoms with E-state index in [1.165, 1.54) is 17.8 Å². The van der Waals surface area contributed by atoms with E-state index in [4.69, 9.17) is 18.9 Å². The molecule has 2 aromatic heterocycles. The standard InChI is InChI=1S/C33H35N3O5S/c1-4-11-24-29(32(38)40-5-2)30(28-23-13-8-7-12-21(23)14-16-25(28)39-3)36-31(37)26(42-33(36)34-24)20-22-15-17-27(41-22)35-18-9-6-10-19-35/h7-8,12-17,20,30H,4-6,9-11,18-19H2,1-3H3/b26-20-. The molecule has 218 valence electrons. The van der Waals surface area contributed by atoms with E-state index >= 15 is 0 Å². The number of ether oxygens (including phenoxy) is 2. The van der Waals surface area contributed by atoms with Crippen molar-refractivity contribution < 1.29 is 18.7 Å². The molecular formula is C33H35N3O5S. The molecule has 0 spiro atoms. The second kappa shape index (κ2) is 12.0. The Hall–Kier alpha value is -4.11. The highest BCUT2D eigenvalue weighted by Crippen LogP contribution is 2.41. The molecule has 6 rings (SSSR count). The Morgan fingerprint density at radius 2 is 1.90 bits per heavy atom. The largest absolute Gasteiger partial charge is 0.496 e. The summed E-state index contributed by atoms with van der Waals surface area (Å²) in [4.78, 5) is 35.6. The Bertz CT molecular complexity index is 1840. The lowest BCUT2D eigenvalue weighted by Gasteiger charge is -2.28. The summed E-state index contributed by atoms with van der Waals surface area (Å²) in [6, 6.07) is 14.9. The minimum absolute atomic E-state index is 0.212. The van der Waals surface area contributed by atoms with Crippen LogP contribution in [0.15, 0.2) is 74.0 Å². The Kier molecular flexibility index (Phi) is 8.02. The second-order valence-electron chi connectivity index (χ2n) is 10.5. The fraction of sp³-hybridized carbons (Fsp3) is 0.364. The van der Waals surface area contributed by atoms with Gasteiger partial charge in [0.1, 0.15) is 17.6 Å². The zero-order valence-corrected chi connectivity index (χ0v) is 25.0. The van der Waals surface area contributed by atoms with Crippen LogP contribution in [0.1, 0.15) is 63.3 Å². The van der Waals surface area contributed by atoms with E-state index < -0.39 is 12.0 Å². The SMILES string of the molecule is CCCC1=C(C(=O)OCC)C(c2c(OC)ccc3ccccc23)n2c(s/c(=C\c3ccc(N4CCCCC4)o3)c2=O)=N1. The number of allylic oxidation sites excluding steroid dienone is 1. The molecule has 8 nitrogen and oxygen atoms in total. The molecule has 0 radical (unpaired) electrons. The maximum atomic E-state index is 14.3. The number of furan rings is 1. The molecule has 1 saturated heterocycles. The number of carbonyl (C=O) groups excluding carboxylic acids is 1. The van der Waals surface area contributed by atoms with E-state index in [0.717, 1.165) is 54.6 Å². The van der Waals surface area contributed by atoms with Gasteiger partial charge in [-0.2, -0.15) is 0 Å². The predicted molar refractivity (Wildman–Crippen MR) is 165 cm³/mol. The molecule has 1 fully saturated rings. The van der Waals surface area contributed by atoms with E-state index in [1.54, 1.807) is 24.7 Å². The van der Waals surface area contributed by atoms with Crippen LogP contribution in [0.4, 0.5) is 5.88 Å². The summed E-state index contributed by atoms with van der Waals surface area (Å²) in [6.45, 7) is 5.98. The number of rotatable bonds is 8. The summed E-state index contributed by atoms with van der Waals surface area (Å²) in [5.41, 5.74) is 1.50.